The van der Waals surface area contributed by atoms with Gasteiger partial charge in [-0.25, -0.2) is 4.68 Å². The summed E-state index contributed by atoms with van der Waals surface area (Å²) in [7, 11) is 2.04. The minimum atomic E-state index is -6.44. The van der Waals surface area contributed by atoms with E-state index in [1.807, 2.05) is 6.07 Å². The molecule has 0 aromatic carbocycles. The Morgan fingerprint density at radius 2 is 1.82 bits per heavy atom. The van der Waals surface area contributed by atoms with Crippen LogP contribution in [0.15, 0.2) is 28.5 Å². The highest BCUT2D eigenvalue weighted by molar-refractivity contribution is 7.16. The summed E-state index contributed by atoms with van der Waals surface area (Å²) in [6, 6.07) is 4.96. The quantitative estimate of drug-likeness (QED) is 0.332. The van der Waals surface area contributed by atoms with Gasteiger partial charge in [0.25, 0.3) is 5.91 Å². The number of amides is 1. The molecule has 9 nitrogen and oxygen atoms in total. The van der Waals surface area contributed by atoms with Gasteiger partial charge in [-0.2, -0.15) is 45.6 Å². The molecular formula is C20H14F8N8OS. The highest BCUT2D eigenvalue weighted by atomic mass is 32.1. The zero-order chi connectivity index (χ0) is 28.8. The van der Waals surface area contributed by atoms with Crippen molar-refractivity contribution in [3.05, 3.63) is 34.0 Å². The fourth-order valence-corrected chi connectivity index (χ4v) is 4.19. The number of nitrogens with zero attached hydrogens (tertiary/aromatic N) is 7. The second kappa shape index (κ2) is 9.35. The van der Waals surface area contributed by atoms with E-state index in [0.29, 0.717) is 31.2 Å². The molecule has 0 unspecified atom stereocenters. The van der Waals surface area contributed by atoms with Gasteiger partial charge in [0.2, 0.25) is 0 Å². The fraction of sp³-hybridized carbons (Fsp3) is 0.400. The Morgan fingerprint density at radius 3 is 2.26 bits per heavy atom. The van der Waals surface area contributed by atoms with Crippen molar-refractivity contribution >= 4 is 23.1 Å². The molecule has 0 aliphatic heterocycles. The number of hydrogen-bond donors (Lipinski definition) is 1. The fourth-order valence-electron chi connectivity index (χ4n) is 3.29. The molecule has 202 valence electrons. The first-order valence-electron chi connectivity index (χ1n) is 10.1. The molecule has 2 heterocycles. The van der Waals surface area contributed by atoms with E-state index < -0.39 is 46.8 Å². The molecule has 2 aromatic heterocycles. The molecule has 1 fully saturated rings. The van der Waals surface area contributed by atoms with Gasteiger partial charge in [-0.05, 0) is 18.9 Å². The summed E-state index contributed by atoms with van der Waals surface area (Å²) >= 11 is 0.683. The maximum Gasteiger partial charge on any atom is 0.459 e. The summed E-state index contributed by atoms with van der Waals surface area (Å²) in [6.45, 7) is 0. The van der Waals surface area contributed by atoms with Crippen molar-refractivity contribution in [1.82, 2.24) is 19.9 Å². The van der Waals surface area contributed by atoms with Gasteiger partial charge in [-0.3, -0.25) is 9.79 Å². The number of carbonyl (C=O) groups excluding carboxylic acids is 1. The van der Waals surface area contributed by atoms with Crippen LogP contribution in [-0.2, 0) is 0 Å². The lowest BCUT2D eigenvalue weighted by atomic mass is 10.1. The molecule has 0 bridgehead atoms. The van der Waals surface area contributed by atoms with E-state index >= 15 is 0 Å². The zero-order valence-electron chi connectivity index (χ0n) is 19.1. The lowest BCUT2D eigenvalue weighted by Crippen LogP contribution is -2.45. The third-order valence-electron chi connectivity index (χ3n) is 5.59. The number of aromatic nitrogens is 3. The average Bonchev–Trinajstić information content (AvgIpc) is 3.27. The smallest absolute Gasteiger partial charge is 0.396 e. The molecule has 1 aliphatic carbocycles. The standard InChI is InChI=1S/C20H14F8N8OS/c1-32-15(13(19(23,24)25)14(31)18(21,22)20(26,27)28)36-7-10(33-34-36)11-5-9(12(6-29)38-11)16(37)35(2)17(8-30)3-4-17/h5,7H,3-4,31H2,1-2H3/b14-13-,32-15?. The second-order valence-corrected chi connectivity index (χ2v) is 8.98. The minimum Gasteiger partial charge on any atom is -0.396 e. The van der Waals surface area contributed by atoms with E-state index in [9.17, 15) is 50.4 Å². The van der Waals surface area contributed by atoms with E-state index in [1.54, 1.807) is 6.07 Å². The first-order chi connectivity index (χ1) is 17.4. The van der Waals surface area contributed by atoms with Crippen LogP contribution in [0.3, 0.4) is 0 Å². The number of rotatable bonds is 5. The molecule has 1 aliphatic rings. The van der Waals surface area contributed by atoms with Crippen LogP contribution in [0.5, 0.6) is 0 Å². The van der Waals surface area contributed by atoms with Gasteiger partial charge in [0.05, 0.1) is 22.7 Å². The Labute approximate surface area is 212 Å². The largest absolute Gasteiger partial charge is 0.459 e. The summed E-state index contributed by atoms with van der Waals surface area (Å²) in [5.74, 6) is -8.26. The van der Waals surface area contributed by atoms with Crippen molar-refractivity contribution in [3.63, 3.8) is 0 Å². The van der Waals surface area contributed by atoms with Crippen LogP contribution in [0, 0.1) is 22.7 Å². The second-order valence-electron chi connectivity index (χ2n) is 7.93. The molecule has 2 N–H and O–H groups in total. The Kier molecular flexibility index (Phi) is 7.02. The van der Waals surface area contributed by atoms with Crippen LogP contribution in [0.4, 0.5) is 35.1 Å². The molecule has 0 saturated heterocycles. The number of nitrogens with two attached hydrogens (primary N) is 1. The molecule has 0 radical (unpaired) electrons. The maximum atomic E-state index is 13.7. The van der Waals surface area contributed by atoms with Gasteiger partial charge in [0, 0.05) is 14.1 Å². The molecule has 1 saturated carbocycles. The molecule has 2 aromatic rings. The van der Waals surface area contributed by atoms with Gasteiger partial charge >= 0.3 is 18.3 Å². The topological polar surface area (TPSA) is 137 Å². The van der Waals surface area contributed by atoms with Gasteiger partial charge in [0.15, 0.2) is 5.84 Å². The number of halogens is 8. The van der Waals surface area contributed by atoms with Crippen molar-refractivity contribution in [2.45, 2.75) is 36.7 Å². The Balaban J connectivity index is 2.07. The molecule has 0 atom stereocenters. The van der Waals surface area contributed by atoms with Crippen LogP contribution in [0.2, 0.25) is 0 Å². The normalized spacial score (nSPS) is 16.4. The number of carbonyl (C=O) groups is 1. The van der Waals surface area contributed by atoms with E-state index in [4.69, 9.17) is 5.73 Å². The Bertz CT molecular complexity index is 1420. The molecule has 18 heteroatoms. The number of nitriles is 2. The van der Waals surface area contributed by atoms with Crippen molar-refractivity contribution in [2.24, 2.45) is 10.7 Å². The highest BCUT2D eigenvalue weighted by Crippen LogP contribution is 2.44. The van der Waals surface area contributed by atoms with E-state index in [0.717, 1.165) is 11.1 Å². The van der Waals surface area contributed by atoms with Crippen LogP contribution in [-0.4, -0.2) is 69.5 Å². The summed E-state index contributed by atoms with van der Waals surface area (Å²) in [5, 5.41) is 25.7. The van der Waals surface area contributed by atoms with Gasteiger partial charge < -0.3 is 10.6 Å². The number of thiophene rings is 1. The molecule has 0 spiro atoms. The van der Waals surface area contributed by atoms with Crippen molar-refractivity contribution in [1.29, 1.82) is 10.5 Å². The maximum absolute atomic E-state index is 13.7. The van der Waals surface area contributed by atoms with E-state index in [-0.39, 0.29) is 25.7 Å². The summed E-state index contributed by atoms with van der Waals surface area (Å²) in [5.41, 5.74) is -2.17. The zero-order valence-corrected chi connectivity index (χ0v) is 19.9. The van der Waals surface area contributed by atoms with Gasteiger partial charge in [-0.15, -0.1) is 16.4 Å². The number of alkyl halides is 8. The van der Waals surface area contributed by atoms with Crippen LogP contribution >= 0.6 is 11.3 Å². The predicted octanol–water partition coefficient (Wildman–Crippen LogP) is 3.86. The number of hydrogen-bond acceptors (Lipinski definition) is 8. The van der Waals surface area contributed by atoms with Crippen LogP contribution < -0.4 is 5.73 Å². The van der Waals surface area contributed by atoms with Crippen molar-refractivity contribution in [2.75, 3.05) is 14.1 Å². The first kappa shape index (κ1) is 28.5. The highest BCUT2D eigenvalue weighted by Gasteiger charge is 2.62. The van der Waals surface area contributed by atoms with E-state index in [1.165, 1.54) is 13.1 Å². The molecule has 3 rings (SSSR count). The summed E-state index contributed by atoms with van der Waals surface area (Å²) in [4.78, 5) is 17.1. The van der Waals surface area contributed by atoms with Gasteiger partial charge in [0.1, 0.15) is 33.4 Å². The van der Waals surface area contributed by atoms with Crippen molar-refractivity contribution in [3.8, 4) is 22.7 Å². The molecular weight excluding hydrogens is 552 g/mol. The monoisotopic (exact) mass is 566 g/mol. The van der Waals surface area contributed by atoms with Crippen molar-refractivity contribution < 1.29 is 39.9 Å². The van der Waals surface area contributed by atoms with Crippen LogP contribution in [0.25, 0.3) is 10.6 Å². The third-order valence-corrected chi connectivity index (χ3v) is 6.65. The average molecular weight is 566 g/mol. The minimum absolute atomic E-state index is 0.0212. The Hall–Kier alpha value is -4.06. The lowest BCUT2D eigenvalue weighted by molar-refractivity contribution is -0.265. The number of aliphatic imine (C=N–C) groups is 1. The third kappa shape index (κ3) is 4.78. The Morgan fingerprint density at radius 1 is 1.21 bits per heavy atom. The summed E-state index contributed by atoms with van der Waals surface area (Å²) in [6.07, 6.45) is -10.7. The first-order valence-corrected chi connectivity index (χ1v) is 10.9. The molecule has 1 amide bonds. The lowest BCUT2D eigenvalue weighted by Gasteiger charge is -2.24. The number of allylic oxidation sites excluding steroid dienone is 2. The van der Waals surface area contributed by atoms with Gasteiger partial charge in [-0.1, -0.05) is 5.21 Å². The predicted molar refractivity (Wildman–Crippen MR) is 115 cm³/mol. The molecule has 38 heavy (non-hydrogen) atoms. The van der Waals surface area contributed by atoms with Crippen LogP contribution in [0.1, 0.15) is 28.1 Å². The van der Waals surface area contributed by atoms with E-state index in [2.05, 4.69) is 15.3 Å². The SMILES string of the molecule is CN=C(/C(=C(/N)C(F)(F)C(F)(F)F)C(F)(F)F)n1cc(-c2cc(C(=O)N(C)C3(C#N)CC3)c(C#N)s2)nn1. The summed E-state index contributed by atoms with van der Waals surface area (Å²) < 4.78 is 107.